The molecule has 0 amide bonds. The van der Waals surface area contributed by atoms with Crippen LogP contribution in [-0.4, -0.2) is 167 Å². The summed E-state index contributed by atoms with van der Waals surface area (Å²) in [5.41, 5.74) is -9.83. The zero-order chi connectivity index (χ0) is 87.1. The highest BCUT2D eigenvalue weighted by atomic mass is 35.5. The van der Waals surface area contributed by atoms with Gasteiger partial charge in [0.05, 0.1) is 95.2 Å². The summed E-state index contributed by atoms with van der Waals surface area (Å²) in [4.78, 5) is 115. The van der Waals surface area contributed by atoms with E-state index in [1.54, 1.807) is 6.92 Å². The van der Waals surface area contributed by atoms with Crippen molar-refractivity contribution < 1.29 is 147 Å². The minimum absolute atomic E-state index is 0. The zero-order valence-corrected chi connectivity index (χ0v) is 64.1. The van der Waals surface area contributed by atoms with E-state index < -0.39 is 150 Å². The predicted molar refractivity (Wildman–Crippen MR) is 387 cm³/mol. The number of nitrogens with one attached hydrogen (secondary N) is 1. The van der Waals surface area contributed by atoms with E-state index in [0.29, 0.717) is 55.7 Å². The van der Waals surface area contributed by atoms with E-state index >= 15 is 0 Å². The Hall–Kier alpha value is -11.6. The van der Waals surface area contributed by atoms with Crippen molar-refractivity contribution in [2.24, 2.45) is 24.8 Å². The van der Waals surface area contributed by atoms with Crippen molar-refractivity contribution in [3.63, 3.8) is 0 Å². The SMILES string of the molecule is C.CCOC(=O)COc1ncccc1Oc1cc(-n2c(=O)cc(C(F)(F)F)n(C)c2=O)c(F)cc1Cl.COCCOCc1nc(C(F)(F)F)ccc1C(=O)C1C(=O)CCCC1=O.COCCOCc1nc(C(F)(F)F)ccc1C(O)=C1C(=O)C2CCC(C2)C1=O.COc1cc(OC)n2nc(NS(=O)(=O)c3c(C(F)(F)F)ccnc3OC)nc2c1. The highest BCUT2D eigenvalue weighted by Crippen LogP contribution is 2.44. The van der Waals surface area contributed by atoms with Crippen LogP contribution in [0.2, 0.25) is 5.02 Å². The lowest BCUT2D eigenvalue weighted by molar-refractivity contribution is -0.146. The number of hydrogen-bond donors (Lipinski definition) is 2. The van der Waals surface area contributed by atoms with Gasteiger partial charge in [0.25, 0.3) is 27.4 Å². The molecule has 3 fully saturated rings. The van der Waals surface area contributed by atoms with Crippen LogP contribution in [0.4, 0.5) is 63.0 Å². The second-order valence-electron chi connectivity index (χ2n) is 24.9. The van der Waals surface area contributed by atoms with Crippen LogP contribution in [0.5, 0.6) is 34.9 Å². The van der Waals surface area contributed by atoms with Crippen molar-refractivity contribution in [1.82, 2.24) is 43.7 Å². The second kappa shape index (κ2) is 40.3. The molecule has 31 nitrogen and oxygen atoms in total. The van der Waals surface area contributed by atoms with Crippen LogP contribution >= 0.6 is 11.6 Å². The highest BCUT2D eigenvalue weighted by molar-refractivity contribution is 7.92. The highest BCUT2D eigenvalue weighted by Gasteiger charge is 2.47. The molecule has 0 radical (unpaired) electrons. The summed E-state index contributed by atoms with van der Waals surface area (Å²) in [6.45, 7) is 1.15. The van der Waals surface area contributed by atoms with Crippen LogP contribution in [0.15, 0.2) is 105 Å². The van der Waals surface area contributed by atoms with E-state index in [1.165, 1.54) is 58.9 Å². The Bertz CT molecular complexity index is 5310. The van der Waals surface area contributed by atoms with Crippen LogP contribution in [0, 0.1) is 23.6 Å². The maximum atomic E-state index is 14.7. The van der Waals surface area contributed by atoms with Crippen molar-refractivity contribution in [2.45, 2.75) is 95.7 Å². The Morgan fingerprint density at radius 3 is 1.79 bits per heavy atom. The molecule has 2 unspecified atom stereocenters. The van der Waals surface area contributed by atoms with E-state index in [-0.39, 0.29) is 156 Å². The van der Waals surface area contributed by atoms with Gasteiger partial charge in [0.1, 0.15) is 51.6 Å². The minimum Gasteiger partial charge on any atom is -0.506 e. The molecule has 1 aromatic carbocycles. The number of benzene rings is 1. The smallest absolute Gasteiger partial charge is 0.433 e. The Labute approximate surface area is 670 Å². The van der Waals surface area contributed by atoms with Crippen molar-refractivity contribution in [3.8, 4) is 40.6 Å². The van der Waals surface area contributed by atoms with Crippen LogP contribution in [-0.2, 0) is 103 Å². The summed E-state index contributed by atoms with van der Waals surface area (Å²) in [6.07, 6.45) is -15.0. The summed E-state index contributed by atoms with van der Waals surface area (Å²) in [6, 6.07) is 11.3. The molecular formula is C73H72ClF13N10O21S. The number of methoxy groups -OCH3 is 5. The maximum Gasteiger partial charge on any atom is 0.433 e. The fourth-order valence-electron chi connectivity index (χ4n) is 11.7. The van der Waals surface area contributed by atoms with E-state index in [9.17, 15) is 109 Å². The molecule has 3 saturated carbocycles. The average molecular weight is 1740 g/mol. The van der Waals surface area contributed by atoms with Crippen molar-refractivity contribution >= 4 is 73.9 Å². The molecule has 0 spiro atoms. The number of aromatic nitrogens is 9. The minimum atomic E-state index is -4.99. The summed E-state index contributed by atoms with van der Waals surface area (Å²) in [5.74, 6) is -8.62. The van der Waals surface area contributed by atoms with Gasteiger partial charge >= 0.3 is 36.4 Å². The van der Waals surface area contributed by atoms with Gasteiger partial charge in [0.15, 0.2) is 51.8 Å². The molecule has 7 heterocycles. The Morgan fingerprint density at radius 2 is 1.25 bits per heavy atom. The Morgan fingerprint density at radius 1 is 0.672 bits per heavy atom. The number of carbonyl (C=O) groups is 6. The number of carbonyl (C=O) groups excluding carboxylic acids is 6. The predicted octanol–water partition coefficient (Wildman–Crippen LogP) is 11.6. The summed E-state index contributed by atoms with van der Waals surface area (Å²) in [7, 11) is 2.59. The number of rotatable bonds is 26. The first-order valence-corrected chi connectivity index (χ1v) is 36.2. The topological polar surface area (TPSA) is 387 Å². The van der Waals surface area contributed by atoms with E-state index in [0.717, 1.165) is 43.1 Å². The fraction of sp³-hybridized carbons (Fsp3) is 0.397. The largest absolute Gasteiger partial charge is 0.506 e. The molecule has 2 bridgehead atoms. The number of halogens is 14. The molecule has 119 heavy (non-hydrogen) atoms. The number of aliphatic hydroxyl groups is 1. The first-order chi connectivity index (χ1) is 55.5. The maximum absolute atomic E-state index is 14.7. The number of alkyl halides is 12. The summed E-state index contributed by atoms with van der Waals surface area (Å²) in [5, 5.41) is 14.3. The van der Waals surface area contributed by atoms with E-state index in [4.69, 9.17) is 59.0 Å². The van der Waals surface area contributed by atoms with Crippen LogP contribution in [0.3, 0.4) is 0 Å². The van der Waals surface area contributed by atoms with Gasteiger partial charge < -0.3 is 52.5 Å². The van der Waals surface area contributed by atoms with Gasteiger partial charge in [0.2, 0.25) is 11.8 Å². The van der Waals surface area contributed by atoms with Gasteiger partial charge in [-0.2, -0.15) is 62.2 Å². The normalized spacial score (nSPS) is 15.0. The quantitative estimate of drug-likeness (QED) is 0.00743. The number of ketones is 5. The molecule has 8 aromatic rings. The number of fused-ring (bicyclic) bond motifs is 3. The van der Waals surface area contributed by atoms with Crippen LogP contribution in [0.1, 0.15) is 103 Å². The number of sulfonamides is 1. The van der Waals surface area contributed by atoms with Gasteiger partial charge in [-0.1, -0.05) is 19.0 Å². The number of aliphatic hydroxyl groups excluding tert-OH is 1. The van der Waals surface area contributed by atoms with Crippen molar-refractivity contribution in [2.75, 3.05) is 79.9 Å². The molecule has 46 heteroatoms. The molecule has 11 rings (SSSR count). The third kappa shape index (κ3) is 23.3. The second-order valence-corrected chi connectivity index (χ2v) is 27.0. The third-order valence-corrected chi connectivity index (χ3v) is 18.9. The number of pyridine rings is 5. The molecule has 0 aliphatic heterocycles. The van der Waals surface area contributed by atoms with Crippen molar-refractivity contribution in [3.05, 3.63) is 168 Å². The number of allylic oxidation sites excluding steroid dienone is 1. The Balaban J connectivity index is 0.000000220. The first kappa shape index (κ1) is 94.6. The van der Waals surface area contributed by atoms with Crippen molar-refractivity contribution in [1.29, 1.82) is 0 Å². The fourth-order valence-corrected chi connectivity index (χ4v) is 13.1. The lowest BCUT2D eigenvalue weighted by atomic mass is 9.81. The van der Waals surface area contributed by atoms with Gasteiger partial charge in [0, 0.05) is 93.7 Å². The first-order valence-electron chi connectivity index (χ1n) is 34.4. The summed E-state index contributed by atoms with van der Waals surface area (Å²) < 4.78 is 251. The molecule has 2 atom stereocenters. The molecule has 3 aliphatic rings. The average Bonchev–Trinajstić information content (AvgIpc) is 1.54. The van der Waals surface area contributed by atoms with Gasteiger partial charge in [-0.25, -0.2) is 51.6 Å². The summed E-state index contributed by atoms with van der Waals surface area (Å²) >= 11 is 6.04. The number of Topliss-reactive ketones (excluding diaryl/α,β-unsaturated/α-hetero) is 5. The molecule has 2 N–H and O–H groups in total. The van der Waals surface area contributed by atoms with E-state index in [2.05, 4.69) is 30.0 Å². The molecule has 7 aromatic heterocycles. The number of esters is 1. The van der Waals surface area contributed by atoms with Crippen LogP contribution < -0.4 is 39.7 Å². The monoisotopic (exact) mass is 1740 g/mol. The number of anilines is 1. The van der Waals surface area contributed by atoms with E-state index in [1.807, 2.05) is 4.72 Å². The lowest BCUT2D eigenvalue weighted by Gasteiger charge is -2.21. The van der Waals surface area contributed by atoms with Crippen LogP contribution in [0.25, 0.3) is 17.1 Å². The van der Waals surface area contributed by atoms with Gasteiger partial charge in [-0.05, 0) is 81.1 Å². The number of hydrogen-bond acceptors (Lipinski definition) is 27. The molecule has 3 aliphatic carbocycles. The third-order valence-electron chi connectivity index (χ3n) is 17.2. The Kier molecular flexibility index (Phi) is 32.0. The molecular weight excluding hydrogens is 1670 g/mol. The number of ether oxygens (including phenoxy) is 10. The molecule has 644 valence electrons. The standard InChI is InChI=1S/C21H16ClF4N3O6.C19H20F3NO5.C17H18F3NO5.C15H14F3N5O5S.CH4/c1-3-33-18(31)10-34-19-14(5-4-6-27-19)35-15-8-13(12(23)7-11(15)22)29-17(30)9-16(21(24,25)26)28(2)20(29)32;1-27-6-7-28-9-13-12(4-5-14(23-13)19(20,21)22)18(26)15-16(24)10-2-3-11(8-10)17(15)25;1-25-7-8-26-9-11-10(5-6-14(21-11)17(18,19)20)16(24)15-12(22)3-2-4-13(15)23;1-26-8-6-10-20-14(21-23(10)11(7-8)27-2)22-29(24,25)12-9(15(16,17)18)4-5-19-13(12)28-3;/h4-9H,3,10H2,1-2H3;4-5,10-11,26H,2-3,6-9H2,1H3;5-6,15H,2-4,7-9H2,1H3;4-7H,1-3H3,(H,21,22);1H4. The number of nitrogens with zero attached hydrogens (tertiary/aromatic N) is 9. The zero-order valence-electron chi connectivity index (χ0n) is 62.6. The molecule has 0 saturated heterocycles. The lowest BCUT2D eigenvalue weighted by Crippen LogP contribution is -2.41. The van der Waals surface area contributed by atoms with Gasteiger partial charge in [-0.3, -0.25) is 33.3 Å². The van der Waals surface area contributed by atoms with Gasteiger partial charge in [-0.15, -0.1) is 5.10 Å².